The molecular weight excluding hydrogens is 817 g/mol. The third-order valence-corrected chi connectivity index (χ3v) is 13.7. The zero-order chi connectivity index (χ0) is 45.5. The van der Waals surface area contributed by atoms with Crippen LogP contribution in [-0.4, -0.2) is 73.7 Å². The summed E-state index contributed by atoms with van der Waals surface area (Å²) < 4.78 is 15.1. The second kappa shape index (κ2) is 17.8. The van der Waals surface area contributed by atoms with Gasteiger partial charge in [-0.2, -0.15) is 5.26 Å². The minimum absolute atomic E-state index is 0.0135. The molecule has 0 bridgehead atoms. The molecule has 1 N–H and O–H groups in total. The molecule has 12 heteroatoms. The van der Waals surface area contributed by atoms with E-state index in [2.05, 4.69) is 31.2 Å². The summed E-state index contributed by atoms with van der Waals surface area (Å²) in [6, 6.07) is 32.2. The van der Waals surface area contributed by atoms with Gasteiger partial charge < -0.3 is 33.5 Å². The van der Waals surface area contributed by atoms with Crippen molar-refractivity contribution < 1.29 is 29.0 Å². The fraction of sp³-hybridized carbons (Fsp3) is 0.321. The smallest absolute Gasteiger partial charge is 0.264 e. The molecule has 0 radical (unpaired) electrons. The lowest BCUT2D eigenvalue weighted by Gasteiger charge is -2.36. The first-order valence-electron chi connectivity index (χ1n) is 22.4. The Morgan fingerprint density at radius 3 is 2.29 bits per heavy atom. The number of rotatable bonds is 11. The highest BCUT2D eigenvalue weighted by atomic mass is 16.5. The van der Waals surface area contributed by atoms with Crippen LogP contribution in [-0.2, 0) is 56.0 Å². The second-order valence-corrected chi connectivity index (χ2v) is 17.6. The molecule has 9 rings (SSSR count). The lowest BCUT2D eigenvalue weighted by atomic mass is 9.89. The van der Waals surface area contributed by atoms with E-state index in [4.69, 9.17) is 9.47 Å². The molecule has 3 aliphatic heterocycles. The highest BCUT2D eigenvalue weighted by Crippen LogP contribution is 2.38. The van der Waals surface area contributed by atoms with Crippen molar-refractivity contribution in [3.8, 4) is 28.8 Å². The first-order chi connectivity index (χ1) is 31.4. The third-order valence-electron chi connectivity index (χ3n) is 13.7. The number of aromatic hydroxyl groups is 1. The topological polar surface area (TPSA) is 133 Å². The van der Waals surface area contributed by atoms with Gasteiger partial charge in [0.2, 0.25) is 5.91 Å². The van der Waals surface area contributed by atoms with Gasteiger partial charge in [-0.25, -0.2) is 0 Å². The quantitative estimate of drug-likeness (QED) is 0.138. The summed E-state index contributed by atoms with van der Waals surface area (Å²) in [5.41, 5.74) is 10.5. The van der Waals surface area contributed by atoms with Crippen LogP contribution >= 0.6 is 0 Å². The Morgan fingerprint density at radius 2 is 1.60 bits per heavy atom. The van der Waals surface area contributed by atoms with Gasteiger partial charge in [-0.1, -0.05) is 36.4 Å². The molecule has 3 amide bonds. The maximum Gasteiger partial charge on any atom is 0.264 e. The van der Waals surface area contributed by atoms with E-state index in [1.165, 1.54) is 17.7 Å². The van der Waals surface area contributed by atoms with E-state index in [1.54, 1.807) is 34.7 Å². The highest BCUT2D eigenvalue weighted by molar-refractivity contribution is 6.13. The molecule has 332 valence electrons. The van der Waals surface area contributed by atoms with Crippen LogP contribution in [0.4, 0.5) is 11.4 Å². The van der Waals surface area contributed by atoms with Crippen LogP contribution in [0.15, 0.2) is 97.1 Å². The Labute approximate surface area is 379 Å². The number of phenols is 1. The number of hydrogen-bond donors (Lipinski definition) is 1. The molecule has 0 saturated carbocycles. The highest BCUT2D eigenvalue weighted by Gasteiger charge is 2.33. The number of anilines is 2. The Hall–Kier alpha value is -7.10. The van der Waals surface area contributed by atoms with Crippen molar-refractivity contribution >= 4 is 29.1 Å². The number of phenolic OH excluding ortho intramolecular Hbond substituents is 1. The van der Waals surface area contributed by atoms with Crippen LogP contribution in [0, 0.1) is 25.2 Å². The molecule has 1 unspecified atom stereocenters. The molecular formula is C53H54N6O6. The molecule has 0 aliphatic carbocycles. The molecule has 2 atom stereocenters. The average Bonchev–Trinajstić information content (AvgIpc) is 3.76. The van der Waals surface area contributed by atoms with E-state index in [9.17, 15) is 15.2 Å². The predicted molar refractivity (Wildman–Crippen MR) is 248 cm³/mol. The maximum absolute atomic E-state index is 15.1. The largest absolute Gasteiger partial charge is 0.508 e. The number of hydrogen-bond acceptors (Lipinski definition) is 7. The SMILES string of the molecule is Cc1c(N(C(=O)c2cc(-c3cc4c(cc3C(=O)N3Cc5ccccc5C[C@H]3C)CN(C(=O)Cc3ccc(OCCC5CCO5)cc3)CC4)n(C)c2C)c2ccc(O)cc2)cc(C#N)n1C. The summed E-state index contributed by atoms with van der Waals surface area (Å²) in [5, 5.41) is 20.1. The van der Waals surface area contributed by atoms with E-state index in [0.717, 1.165) is 59.6 Å². The van der Waals surface area contributed by atoms with Crippen molar-refractivity contribution in [2.24, 2.45) is 14.1 Å². The Morgan fingerprint density at radius 1 is 0.862 bits per heavy atom. The summed E-state index contributed by atoms with van der Waals surface area (Å²) in [6.45, 7) is 8.62. The molecule has 5 heterocycles. The van der Waals surface area contributed by atoms with Crippen LogP contribution in [0.25, 0.3) is 11.3 Å². The van der Waals surface area contributed by atoms with Crippen molar-refractivity contribution in [1.82, 2.24) is 18.9 Å². The van der Waals surface area contributed by atoms with Crippen molar-refractivity contribution in [2.45, 2.75) is 78.1 Å². The van der Waals surface area contributed by atoms with E-state index in [0.29, 0.717) is 83.9 Å². The van der Waals surface area contributed by atoms with Gasteiger partial charge in [0.25, 0.3) is 11.8 Å². The molecule has 6 aromatic rings. The minimum Gasteiger partial charge on any atom is -0.508 e. The Balaban J connectivity index is 1.05. The molecule has 0 spiro atoms. The lowest BCUT2D eigenvalue weighted by molar-refractivity contribution is -0.131. The molecule has 1 fully saturated rings. The van der Waals surface area contributed by atoms with Crippen LogP contribution in [0.3, 0.4) is 0 Å². The predicted octanol–water partition coefficient (Wildman–Crippen LogP) is 8.48. The number of nitriles is 1. The van der Waals surface area contributed by atoms with Crippen LogP contribution < -0.4 is 9.64 Å². The monoisotopic (exact) mass is 870 g/mol. The minimum atomic E-state index is -0.323. The molecule has 2 aromatic heterocycles. The fourth-order valence-corrected chi connectivity index (χ4v) is 9.41. The van der Waals surface area contributed by atoms with Crippen molar-refractivity contribution in [3.63, 3.8) is 0 Å². The number of carbonyl (C=O) groups is 3. The summed E-state index contributed by atoms with van der Waals surface area (Å²) in [4.78, 5) is 49.4. The standard InChI is InChI=1S/C53H54N6O6/c1-33-24-37-8-6-7-9-39(37)32-58(33)52(62)48-27-40-31-57(51(61)25-36-10-16-44(17-11-36)64-22-19-45-20-23-65-45)21-18-38(40)26-47(48)50-29-46(34(2)56(50)5)53(63)59(41-12-14-43(60)15-13-41)49-28-42(30-54)55(4)35(49)3/h6-17,26-29,33,45,60H,18-25,31-32H2,1-5H3/t33-,45?/m1/s1. The molecule has 4 aromatic carbocycles. The van der Waals surface area contributed by atoms with Crippen LogP contribution in [0.1, 0.15) is 85.4 Å². The van der Waals surface area contributed by atoms with Gasteiger partial charge in [-0.05, 0) is 129 Å². The van der Waals surface area contributed by atoms with Gasteiger partial charge in [-0.15, -0.1) is 0 Å². The second-order valence-electron chi connectivity index (χ2n) is 17.6. The maximum atomic E-state index is 15.1. The van der Waals surface area contributed by atoms with E-state index < -0.39 is 0 Å². The van der Waals surface area contributed by atoms with E-state index in [-0.39, 0.29) is 35.9 Å². The first-order valence-corrected chi connectivity index (χ1v) is 22.4. The Bertz CT molecular complexity index is 2850. The third kappa shape index (κ3) is 8.40. The summed E-state index contributed by atoms with van der Waals surface area (Å²) in [6.07, 6.45) is 3.82. The van der Waals surface area contributed by atoms with E-state index in [1.807, 2.05) is 83.8 Å². The molecule has 1 saturated heterocycles. The number of nitrogens with zero attached hydrogens (tertiary/aromatic N) is 6. The molecule has 3 aliphatic rings. The number of benzene rings is 4. The van der Waals surface area contributed by atoms with Gasteiger partial charge >= 0.3 is 0 Å². The Kier molecular flexibility index (Phi) is 11.8. The summed E-state index contributed by atoms with van der Waals surface area (Å²) >= 11 is 0. The van der Waals surface area contributed by atoms with Gasteiger partial charge in [0.15, 0.2) is 0 Å². The number of amides is 3. The average molecular weight is 871 g/mol. The van der Waals surface area contributed by atoms with Crippen LogP contribution in [0.2, 0.25) is 0 Å². The molecule has 65 heavy (non-hydrogen) atoms. The van der Waals surface area contributed by atoms with Gasteiger partial charge in [0, 0.05) is 86.7 Å². The zero-order valence-corrected chi connectivity index (χ0v) is 37.6. The summed E-state index contributed by atoms with van der Waals surface area (Å²) in [7, 11) is 3.70. The van der Waals surface area contributed by atoms with Gasteiger partial charge in [0.05, 0.1) is 30.4 Å². The number of ether oxygens (including phenoxy) is 2. The molecule has 12 nitrogen and oxygen atoms in total. The number of carbonyl (C=O) groups excluding carboxylic acids is 3. The number of fused-ring (bicyclic) bond motifs is 2. The normalized spacial score (nSPS) is 16.6. The first kappa shape index (κ1) is 43.2. The van der Waals surface area contributed by atoms with Gasteiger partial charge in [-0.3, -0.25) is 19.3 Å². The van der Waals surface area contributed by atoms with Gasteiger partial charge in [0.1, 0.15) is 23.3 Å². The zero-order valence-electron chi connectivity index (χ0n) is 37.6. The van der Waals surface area contributed by atoms with Crippen LogP contribution in [0.5, 0.6) is 11.5 Å². The lowest BCUT2D eigenvalue weighted by Crippen LogP contribution is -2.43. The van der Waals surface area contributed by atoms with Crippen molar-refractivity contribution in [2.75, 3.05) is 24.7 Å². The van der Waals surface area contributed by atoms with E-state index >= 15 is 9.59 Å². The fourth-order valence-electron chi connectivity index (χ4n) is 9.41. The number of aromatic nitrogens is 2. The van der Waals surface area contributed by atoms with Crippen molar-refractivity contribution in [3.05, 3.63) is 153 Å². The summed E-state index contributed by atoms with van der Waals surface area (Å²) in [5.74, 6) is 0.409. The van der Waals surface area contributed by atoms with Crippen molar-refractivity contribution in [1.29, 1.82) is 5.26 Å².